The molecule has 1 aliphatic carbocycles. The zero-order valence-electron chi connectivity index (χ0n) is 9.29. The van der Waals surface area contributed by atoms with E-state index < -0.39 is 0 Å². The first-order valence-electron chi connectivity index (χ1n) is 5.80. The number of aromatic amines is 1. The summed E-state index contributed by atoms with van der Waals surface area (Å²) in [5.74, 6) is 2.26. The summed E-state index contributed by atoms with van der Waals surface area (Å²) >= 11 is 0. The van der Waals surface area contributed by atoms with Gasteiger partial charge in [0, 0.05) is 6.54 Å². The van der Waals surface area contributed by atoms with Crippen LogP contribution in [0.5, 0.6) is 0 Å². The molecule has 0 radical (unpaired) electrons. The van der Waals surface area contributed by atoms with Gasteiger partial charge in [-0.15, -0.1) is 0 Å². The van der Waals surface area contributed by atoms with Crippen LogP contribution in [0.3, 0.4) is 0 Å². The van der Waals surface area contributed by atoms with Crippen molar-refractivity contribution >= 4 is 11.5 Å². The highest BCUT2D eigenvalue weighted by Crippen LogP contribution is 2.29. The van der Waals surface area contributed by atoms with Crippen LogP contribution in [0.15, 0.2) is 6.20 Å². The Balaban J connectivity index is 1.84. The second-order valence-corrected chi connectivity index (χ2v) is 4.60. The van der Waals surface area contributed by atoms with Gasteiger partial charge in [-0.3, -0.25) is 5.10 Å². The summed E-state index contributed by atoms with van der Waals surface area (Å²) in [5, 5.41) is 10.00. The van der Waals surface area contributed by atoms with E-state index in [0.29, 0.717) is 5.82 Å². The first-order valence-corrected chi connectivity index (χ1v) is 5.80. The number of nitrogens with zero attached hydrogens (tertiary/aromatic N) is 1. The fourth-order valence-corrected chi connectivity index (χ4v) is 2.37. The summed E-state index contributed by atoms with van der Waals surface area (Å²) in [6, 6.07) is 0. The number of nitrogens with two attached hydrogens (primary N) is 1. The van der Waals surface area contributed by atoms with Crippen molar-refractivity contribution in [1.82, 2.24) is 10.2 Å². The van der Waals surface area contributed by atoms with Crippen LogP contribution in [-0.4, -0.2) is 16.7 Å². The molecule has 1 saturated carbocycles. The van der Waals surface area contributed by atoms with Gasteiger partial charge in [-0.1, -0.05) is 26.2 Å². The van der Waals surface area contributed by atoms with E-state index in [-0.39, 0.29) is 0 Å². The van der Waals surface area contributed by atoms with E-state index in [1.165, 1.54) is 25.7 Å². The van der Waals surface area contributed by atoms with Gasteiger partial charge in [0.1, 0.15) is 5.82 Å². The third kappa shape index (κ3) is 2.43. The lowest BCUT2D eigenvalue weighted by Gasteiger charge is -2.28. The number of nitrogen functional groups attached to an aromatic ring is 1. The first-order chi connectivity index (χ1) is 7.27. The summed E-state index contributed by atoms with van der Waals surface area (Å²) in [5.41, 5.74) is 6.65. The number of anilines is 2. The molecule has 15 heavy (non-hydrogen) atoms. The van der Waals surface area contributed by atoms with Crippen LogP contribution >= 0.6 is 0 Å². The minimum Gasteiger partial charge on any atom is -0.382 e. The topological polar surface area (TPSA) is 66.7 Å². The molecule has 1 heterocycles. The number of H-pyrrole nitrogens is 1. The number of hydrogen-bond donors (Lipinski definition) is 3. The molecular weight excluding hydrogens is 188 g/mol. The maximum Gasteiger partial charge on any atom is 0.142 e. The average Bonchev–Trinajstić information content (AvgIpc) is 2.63. The Morgan fingerprint density at radius 3 is 3.00 bits per heavy atom. The Bertz CT molecular complexity index is 307. The molecule has 4 nitrogen and oxygen atoms in total. The van der Waals surface area contributed by atoms with Crippen molar-refractivity contribution in [3.63, 3.8) is 0 Å². The number of hydrogen-bond acceptors (Lipinski definition) is 3. The van der Waals surface area contributed by atoms with E-state index in [1.54, 1.807) is 6.20 Å². The minimum absolute atomic E-state index is 0.637. The van der Waals surface area contributed by atoms with Crippen molar-refractivity contribution in [3.05, 3.63) is 6.20 Å². The maximum atomic E-state index is 5.71. The van der Waals surface area contributed by atoms with Crippen molar-refractivity contribution in [3.8, 4) is 0 Å². The van der Waals surface area contributed by atoms with Crippen LogP contribution in [-0.2, 0) is 0 Å². The highest BCUT2D eigenvalue weighted by Gasteiger charge is 2.21. The van der Waals surface area contributed by atoms with E-state index in [2.05, 4.69) is 22.4 Å². The molecule has 1 aromatic heterocycles. The second-order valence-electron chi connectivity index (χ2n) is 4.60. The number of rotatable bonds is 3. The predicted molar refractivity (Wildman–Crippen MR) is 62.6 cm³/mol. The SMILES string of the molecule is CC1CCCCC1CNc1cn[nH]c1N. The molecule has 0 aromatic carbocycles. The van der Waals surface area contributed by atoms with Gasteiger partial charge in [0.25, 0.3) is 0 Å². The maximum absolute atomic E-state index is 5.71. The lowest BCUT2D eigenvalue weighted by molar-refractivity contribution is 0.268. The molecule has 0 amide bonds. The molecule has 0 aliphatic heterocycles. The van der Waals surface area contributed by atoms with Gasteiger partial charge in [0.2, 0.25) is 0 Å². The van der Waals surface area contributed by atoms with Crippen molar-refractivity contribution in [2.24, 2.45) is 11.8 Å². The molecule has 2 atom stereocenters. The lowest BCUT2D eigenvalue weighted by Crippen LogP contribution is -2.24. The molecule has 4 N–H and O–H groups in total. The Morgan fingerprint density at radius 2 is 2.33 bits per heavy atom. The van der Waals surface area contributed by atoms with E-state index in [4.69, 9.17) is 5.73 Å². The van der Waals surface area contributed by atoms with Gasteiger partial charge in [-0.2, -0.15) is 5.10 Å². The minimum atomic E-state index is 0.637. The molecule has 84 valence electrons. The Hall–Kier alpha value is -1.19. The third-order valence-corrected chi connectivity index (χ3v) is 3.51. The summed E-state index contributed by atoms with van der Waals surface area (Å²) in [6.07, 6.45) is 7.23. The molecule has 2 rings (SSSR count). The normalized spacial score (nSPS) is 26.5. The second kappa shape index (κ2) is 4.55. The predicted octanol–water partition coefficient (Wildman–Crippen LogP) is 2.23. The average molecular weight is 208 g/mol. The Labute approximate surface area is 90.6 Å². The molecule has 0 bridgehead atoms. The standard InChI is InChI=1S/C11H20N4/c1-8-4-2-3-5-9(8)6-13-10-7-14-15-11(10)12/h7-9,13H,2-6H2,1H3,(H3,12,14,15). The van der Waals surface area contributed by atoms with Gasteiger partial charge in [-0.25, -0.2) is 0 Å². The largest absolute Gasteiger partial charge is 0.382 e. The van der Waals surface area contributed by atoms with Crippen LogP contribution in [0.4, 0.5) is 11.5 Å². The zero-order valence-corrected chi connectivity index (χ0v) is 9.29. The van der Waals surface area contributed by atoms with Crippen molar-refractivity contribution in [2.45, 2.75) is 32.6 Å². The highest BCUT2D eigenvalue weighted by molar-refractivity contribution is 5.59. The van der Waals surface area contributed by atoms with Crippen molar-refractivity contribution < 1.29 is 0 Å². The summed E-state index contributed by atoms with van der Waals surface area (Å²) in [4.78, 5) is 0. The van der Waals surface area contributed by atoms with Crippen molar-refractivity contribution in [1.29, 1.82) is 0 Å². The summed E-state index contributed by atoms with van der Waals surface area (Å²) in [6.45, 7) is 3.37. The number of nitrogens with one attached hydrogen (secondary N) is 2. The monoisotopic (exact) mass is 208 g/mol. The summed E-state index contributed by atoms with van der Waals surface area (Å²) in [7, 11) is 0. The lowest BCUT2D eigenvalue weighted by atomic mass is 9.80. The molecule has 1 fully saturated rings. The van der Waals surface area contributed by atoms with Crippen LogP contribution in [0.25, 0.3) is 0 Å². The summed E-state index contributed by atoms with van der Waals surface area (Å²) < 4.78 is 0. The molecule has 1 aliphatic rings. The van der Waals surface area contributed by atoms with Gasteiger partial charge >= 0.3 is 0 Å². The highest BCUT2D eigenvalue weighted by atomic mass is 15.2. The fourth-order valence-electron chi connectivity index (χ4n) is 2.37. The van der Waals surface area contributed by atoms with Gasteiger partial charge in [0.05, 0.1) is 11.9 Å². The fraction of sp³-hybridized carbons (Fsp3) is 0.727. The van der Waals surface area contributed by atoms with E-state index in [9.17, 15) is 0 Å². The molecule has 4 heteroatoms. The quantitative estimate of drug-likeness (QED) is 0.713. The third-order valence-electron chi connectivity index (χ3n) is 3.51. The molecule has 0 spiro atoms. The Morgan fingerprint density at radius 1 is 1.53 bits per heavy atom. The van der Waals surface area contributed by atoms with Crippen LogP contribution in [0.2, 0.25) is 0 Å². The number of aromatic nitrogens is 2. The molecule has 0 saturated heterocycles. The van der Waals surface area contributed by atoms with E-state index in [0.717, 1.165) is 24.1 Å². The molecule has 1 aromatic rings. The van der Waals surface area contributed by atoms with Gasteiger partial charge in [-0.05, 0) is 18.3 Å². The molecular formula is C11H20N4. The smallest absolute Gasteiger partial charge is 0.142 e. The van der Waals surface area contributed by atoms with Crippen LogP contribution < -0.4 is 11.1 Å². The van der Waals surface area contributed by atoms with Gasteiger partial charge < -0.3 is 11.1 Å². The zero-order chi connectivity index (χ0) is 10.7. The first kappa shape index (κ1) is 10.3. The van der Waals surface area contributed by atoms with Crippen LogP contribution in [0, 0.1) is 11.8 Å². The van der Waals surface area contributed by atoms with Gasteiger partial charge in [0.15, 0.2) is 0 Å². The van der Waals surface area contributed by atoms with Crippen LogP contribution in [0.1, 0.15) is 32.6 Å². The van der Waals surface area contributed by atoms with Crippen molar-refractivity contribution in [2.75, 3.05) is 17.6 Å². The molecule has 2 unspecified atom stereocenters. The van der Waals surface area contributed by atoms with E-state index >= 15 is 0 Å². The van der Waals surface area contributed by atoms with E-state index in [1.807, 2.05) is 0 Å². The Kier molecular flexibility index (Phi) is 3.14.